The number of rotatable bonds is 5. The van der Waals surface area contributed by atoms with Crippen LogP contribution in [0.2, 0.25) is 5.02 Å². The highest BCUT2D eigenvalue weighted by atomic mass is 35.5. The van der Waals surface area contributed by atoms with Crippen LogP contribution in [-0.4, -0.2) is 33.7 Å². The van der Waals surface area contributed by atoms with E-state index in [1.807, 2.05) is 12.1 Å². The van der Waals surface area contributed by atoms with Crippen molar-refractivity contribution in [2.75, 3.05) is 11.9 Å². The predicted octanol–water partition coefficient (Wildman–Crippen LogP) is 3.30. The van der Waals surface area contributed by atoms with Gasteiger partial charge in [-0.3, -0.25) is 0 Å². The molecule has 0 radical (unpaired) electrons. The highest BCUT2D eigenvalue weighted by Crippen LogP contribution is 2.32. The van der Waals surface area contributed by atoms with Crippen molar-refractivity contribution in [3.8, 4) is 11.3 Å². The number of nitrogens with one attached hydrogen (secondary N) is 1. The molecule has 0 saturated heterocycles. The molecule has 0 aliphatic heterocycles. The van der Waals surface area contributed by atoms with Gasteiger partial charge in [0.1, 0.15) is 29.3 Å². The number of ether oxygens (including phenoxy) is 1. The molecule has 0 aliphatic rings. The molecule has 0 fully saturated rings. The van der Waals surface area contributed by atoms with Crippen molar-refractivity contribution < 1.29 is 14.1 Å². The number of aromatic nitrogens is 3. The molecule has 0 amide bonds. The molecule has 24 heavy (non-hydrogen) atoms. The molecular weight excluding hydrogens is 332 g/mol. The van der Waals surface area contributed by atoms with Crippen LogP contribution >= 0.6 is 11.6 Å². The fourth-order valence-electron chi connectivity index (χ4n) is 2.26. The van der Waals surface area contributed by atoms with Crippen molar-refractivity contribution in [3.05, 3.63) is 35.6 Å². The number of esters is 1. The van der Waals surface area contributed by atoms with Gasteiger partial charge in [-0.2, -0.15) is 4.98 Å². The summed E-state index contributed by atoms with van der Waals surface area (Å²) >= 11 is 6.05. The summed E-state index contributed by atoms with van der Waals surface area (Å²) in [4.78, 5) is 20.1. The second-order valence-corrected chi connectivity index (χ2v) is 5.50. The van der Waals surface area contributed by atoms with Gasteiger partial charge in [-0.15, -0.1) is 0 Å². The molecular formula is C16H15ClN4O3. The third-order valence-electron chi connectivity index (χ3n) is 3.36. The molecule has 0 saturated carbocycles. The van der Waals surface area contributed by atoms with Gasteiger partial charge >= 0.3 is 5.97 Å². The van der Waals surface area contributed by atoms with E-state index < -0.39 is 6.04 Å². The van der Waals surface area contributed by atoms with E-state index in [9.17, 15) is 4.79 Å². The summed E-state index contributed by atoms with van der Waals surface area (Å²) < 4.78 is 10.3. The number of benzene rings is 1. The van der Waals surface area contributed by atoms with Gasteiger partial charge < -0.3 is 14.6 Å². The van der Waals surface area contributed by atoms with Crippen molar-refractivity contribution in [2.45, 2.75) is 19.9 Å². The van der Waals surface area contributed by atoms with Crippen molar-refractivity contribution in [3.63, 3.8) is 0 Å². The van der Waals surface area contributed by atoms with Gasteiger partial charge in [-0.05, 0) is 26.0 Å². The van der Waals surface area contributed by atoms with Crippen LogP contribution in [0.3, 0.4) is 0 Å². The molecule has 3 aromatic rings. The molecule has 2 heterocycles. The van der Waals surface area contributed by atoms with Crippen LogP contribution in [0.1, 0.15) is 13.8 Å². The fraction of sp³-hybridized carbons (Fsp3) is 0.250. The van der Waals surface area contributed by atoms with Crippen molar-refractivity contribution in [1.29, 1.82) is 0 Å². The second kappa shape index (κ2) is 6.84. The van der Waals surface area contributed by atoms with Gasteiger partial charge in [0.2, 0.25) is 0 Å². The molecule has 2 aromatic heterocycles. The van der Waals surface area contributed by atoms with E-state index in [0.717, 1.165) is 5.56 Å². The number of hydrogen-bond acceptors (Lipinski definition) is 7. The van der Waals surface area contributed by atoms with Crippen LogP contribution in [0.25, 0.3) is 22.4 Å². The number of halogens is 1. The lowest BCUT2D eigenvalue weighted by Crippen LogP contribution is -2.28. The minimum atomic E-state index is -0.579. The number of carbonyl (C=O) groups is 1. The average Bonchev–Trinajstić information content (AvgIpc) is 3.00. The van der Waals surface area contributed by atoms with Gasteiger partial charge in [0.15, 0.2) is 0 Å². The fourth-order valence-corrected chi connectivity index (χ4v) is 2.45. The minimum absolute atomic E-state index is 0.311. The zero-order valence-corrected chi connectivity index (χ0v) is 13.9. The maximum Gasteiger partial charge on any atom is 0.328 e. The number of fused-ring (bicyclic) bond motifs is 1. The zero-order chi connectivity index (χ0) is 17.1. The van der Waals surface area contributed by atoms with Crippen LogP contribution in [0.5, 0.6) is 0 Å². The van der Waals surface area contributed by atoms with E-state index in [-0.39, 0.29) is 5.97 Å². The van der Waals surface area contributed by atoms with Gasteiger partial charge in [-0.25, -0.2) is 9.78 Å². The lowest BCUT2D eigenvalue weighted by molar-refractivity contribution is -0.143. The average molecular weight is 347 g/mol. The van der Waals surface area contributed by atoms with Gasteiger partial charge in [0.25, 0.3) is 5.71 Å². The summed E-state index contributed by atoms with van der Waals surface area (Å²) in [7, 11) is 0. The first-order chi connectivity index (χ1) is 11.6. The number of hydrogen-bond donors (Lipinski definition) is 1. The molecule has 0 bridgehead atoms. The third kappa shape index (κ3) is 3.16. The molecule has 3 rings (SSSR count). The standard InChI is InChI=1S/C16H15ClN4O3/c1-3-23-16(22)9(2)20-14-12-13(10-5-4-6-11(17)7-10)21-24-15(12)19-8-18-14/h4-9H,3H2,1-2H3,(H,18,19,20). The van der Waals surface area contributed by atoms with Crippen LogP contribution in [0.4, 0.5) is 5.82 Å². The second-order valence-electron chi connectivity index (χ2n) is 5.06. The summed E-state index contributed by atoms with van der Waals surface area (Å²) in [5.74, 6) is 0.0711. The highest BCUT2D eigenvalue weighted by molar-refractivity contribution is 6.30. The summed E-state index contributed by atoms with van der Waals surface area (Å²) in [6.45, 7) is 3.76. The maximum absolute atomic E-state index is 11.8. The molecule has 7 nitrogen and oxygen atoms in total. The van der Waals surface area contributed by atoms with Crippen molar-refractivity contribution in [1.82, 2.24) is 15.1 Å². The lowest BCUT2D eigenvalue weighted by Gasteiger charge is -2.13. The molecule has 124 valence electrons. The third-order valence-corrected chi connectivity index (χ3v) is 3.60. The topological polar surface area (TPSA) is 90.1 Å². The van der Waals surface area contributed by atoms with Gasteiger partial charge in [0, 0.05) is 10.6 Å². The van der Waals surface area contributed by atoms with E-state index in [0.29, 0.717) is 34.2 Å². The smallest absolute Gasteiger partial charge is 0.328 e. The van der Waals surface area contributed by atoms with E-state index in [2.05, 4.69) is 20.4 Å². The van der Waals surface area contributed by atoms with Gasteiger partial charge in [0.05, 0.1) is 6.61 Å². The molecule has 1 unspecified atom stereocenters. The normalized spacial score (nSPS) is 12.1. The number of anilines is 1. The minimum Gasteiger partial charge on any atom is -0.464 e. The predicted molar refractivity (Wildman–Crippen MR) is 89.8 cm³/mol. The molecule has 8 heteroatoms. The van der Waals surface area contributed by atoms with E-state index >= 15 is 0 Å². The highest BCUT2D eigenvalue weighted by Gasteiger charge is 2.21. The van der Waals surface area contributed by atoms with E-state index in [1.54, 1.807) is 26.0 Å². The van der Waals surface area contributed by atoms with Crippen molar-refractivity contribution in [2.24, 2.45) is 0 Å². The summed E-state index contributed by atoms with van der Waals surface area (Å²) in [5, 5.41) is 8.24. The monoisotopic (exact) mass is 346 g/mol. The lowest BCUT2D eigenvalue weighted by atomic mass is 10.1. The molecule has 1 atom stereocenters. The van der Waals surface area contributed by atoms with Crippen LogP contribution < -0.4 is 5.32 Å². The Morgan fingerprint density at radius 3 is 3.00 bits per heavy atom. The Morgan fingerprint density at radius 1 is 1.42 bits per heavy atom. The Kier molecular flexibility index (Phi) is 4.61. The van der Waals surface area contributed by atoms with Gasteiger partial charge in [-0.1, -0.05) is 28.9 Å². The first-order valence-corrected chi connectivity index (χ1v) is 7.77. The summed E-state index contributed by atoms with van der Waals surface area (Å²) in [5.41, 5.74) is 1.63. The molecule has 0 aliphatic carbocycles. The Balaban J connectivity index is 2.03. The quantitative estimate of drug-likeness (QED) is 0.709. The Bertz CT molecular complexity index is 881. The Hall–Kier alpha value is -2.67. The first-order valence-electron chi connectivity index (χ1n) is 7.39. The SMILES string of the molecule is CCOC(=O)C(C)Nc1ncnc2onc(-c3cccc(Cl)c3)c12. The van der Waals surface area contributed by atoms with Crippen molar-refractivity contribution >= 4 is 34.5 Å². The zero-order valence-electron chi connectivity index (χ0n) is 13.1. The van der Waals surface area contributed by atoms with Crippen LogP contribution in [0, 0.1) is 0 Å². The summed E-state index contributed by atoms with van der Waals surface area (Å²) in [6, 6.07) is 6.63. The molecule has 1 N–H and O–H groups in total. The van der Waals surface area contributed by atoms with Crippen LogP contribution in [-0.2, 0) is 9.53 Å². The van der Waals surface area contributed by atoms with Crippen LogP contribution in [0.15, 0.2) is 35.1 Å². The van der Waals surface area contributed by atoms with E-state index in [1.165, 1.54) is 6.33 Å². The Labute approximate surface area is 143 Å². The summed E-state index contributed by atoms with van der Waals surface area (Å²) in [6.07, 6.45) is 1.34. The Morgan fingerprint density at radius 2 is 2.25 bits per heavy atom. The first kappa shape index (κ1) is 16.2. The number of carbonyl (C=O) groups excluding carboxylic acids is 1. The largest absolute Gasteiger partial charge is 0.464 e. The van der Waals surface area contributed by atoms with E-state index in [4.69, 9.17) is 20.9 Å². The molecule has 0 spiro atoms. The maximum atomic E-state index is 11.8. The molecule has 1 aromatic carbocycles. The number of nitrogens with zero attached hydrogens (tertiary/aromatic N) is 3.